The Morgan fingerprint density at radius 3 is 2.79 bits per heavy atom. The van der Waals surface area contributed by atoms with Gasteiger partial charge in [-0.25, -0.2) is 9.78 Å². The van der Waals surface area contributed by atoms with Gasteiger partial charge in [-0.2, -0.15) is 8.78 Å². The number of amides is 2. The predicted molar refractivity (Wildman–Crippen MR) is 84.6 cm³/mol. The second kappa shape index (κ2) is 7.43. The van der Waals surface area contributed by atoms with Crippen molar-refractivity contribution >= 4 is 6.03 Å². The topological polar surface area (TPSA) is 73.6 Å². The van der Waals surface area contributed by atoms with Crippen LogP contribution < -0.4 is 5.32 Å². The Bertz CT molecular complexity index is 558. The van der Waals surface area contributed by atoms with Crippen LogP contribution in [0.15, 0.2) is 12.4 Å². The molecule has 2 rings (SSSR count). The van der Waals surface area contributed by atoms with Crippen molar-refractivity contribution in [1.29, 1.82) is 0 Å². The van der Waals surface area contributed by atoms with Crippen molar-refractivity contribution in [3.63, 3.8) is 0 Å². The van der Waals surface area contributed by atoms with Crippen molar-refractivity contribution in [3.05, 3.63) is 18.2 Å². The third-order valence-electron chi connectivity index (χ3n) is 3.94. The fraction of sp³-hybridized carbons (Fsp3) is 0.733. The summed E-state index contributed by atoms with van der Waals surface area (Å²) < 4.78 is 26.2. The van der Waals surface area contributed by atoms with Crippen molar-refractivity contribution in [3.8, 4) is 0 Å². The molecule has 1 aliphatic heterocycles. The lowest BCUT2D eigenvalue weighted by atomic mass is 10.1. The van der Waals surface area contributed by atoms with E-state index in [0.29, 0.717) is 26.2 Å². The number of aliphatic hydroxyl groups is 1. The van der Waals surface area contributed by atoms with Crippen LogP contribution in [0.1, 0.15) is 33.1 Å². The van der Waals surface area contributed by atoms with Gasteiger partial charge >= 0.3 is 12.6 Å². The number of carbonyl (C=O) groups is 1. The molecular weight excluding hydrogens is 320 g/mol. The maximum Gasteiger partial charge on any atom is 0.319 e. The number of hydrogen-bond donors (Lipinski definition) is 2. The molecule has 2 amide bonds. The standard InChI is InChI=1S/C15H25F2N5O2/c1-11-9-20(10-15(2,3)24)6-7-21(11)14(23)19-8-12-18-4-5-22(12)13(16)17/h4-5,11,13,24H,6-10H2,1-3H3,(H,19,23)/t11-/m0/s1. The molecule has 1 fully saturated rings. The Kier molecular flexibility index (Phi) is 5.76. The van der Waals surface area contributed by atoms with Gasteiger partial charge in [0.1, 0.15) is 5.82 Å². The van der Waals surface area contributed by atoms with Gasteiger partial charge in [0.15, 0.2) is 0 Å². The van der Waals surface area contributed by atoms with Crippen molar-refractivity contribution in [1.82, 2.24) is 24.7 Å². The average molecular weight is 345 g/mol. The highest BCUT2D eigenvalue weighted by Crippen LogP contribution is 2.14. The number of nitrogens with one attached hydrogen (secondary N) is 1. The lowest BCUT2D eigenvalue weighted by molar-refractivity contribution is 0.0118. The van der Waals surface area contributed by atoms with Gasteiger partial charge in [0.25, 0.3) is 0 Å². The van der Waals surface area contributed by atoms with Crippen molar-refractivity contribution in [2.45, 2.75) is 45.5 Å². The second-order valence-corrected chi connectivity index (χ2v) is 6.78. The minimum Gasteiger partial charge on any atom is -0.389 e. The molecule has 1 atom stereocenters. The summed E-state index contributed by atoms with van der Waals surface area (Å²) in [7, 11) is 0. The lowest BCUT2D eigenvalue weighted by Gasteiger charge is -2.41. The van der Waals surface area contributed by atoms with Crippen LogP contribution >= 0.6 is 0 Å². The number of rotatable bonds is 5. The maximum atomic E-state index is 12.8. The van der Waals surface area contributed by atoms with Crippen LogP contribution in [0.2, 0.25) is 0 Å². The molecule has 7 nitrogen and oxygen atoms in total. The van der Waals surface area contributed by atoms with E-state index in [-0.39, 0.29) is 24.4 Å². The molecule has 0 radical (unpaired) electrons. The van der Waals surface area contributed by atoms with Crippen LogP contribution in [0.25, 0.3) is 0 Å². The average Bonchev–Trinajstić information content (AvgIpc) is 2.91. The third kappa shape index (κ3) is 4.88. The number of carbonyl (C=O) groups excluding carboxylic acids is 1. The number of imidazole rings is 1. The molecule has 24 heavy (non-hydrogen) atoms. The van der Waals surface area contributed by atoms with Gasteiger partial charge in [-0.15, -0.1) is 0 Å². The Morgan fingerprint density at radius 1 is 1.50 bits per heavy atom. The monoisotopic (exact) mass is 345 g/mol. The lowest BCUT2D eigenvalue weighted by Crippen LogP contribution is -2.58. The van der Waals surface area contributed by atoms with Gasteiger partial charge in [-0.05, 0) is 20.8 Å². The number of nitrogens with zero attached hydrogens (tertiary/aromatic N) is 4. The first-order valence-corrected chi connectivity index (χ1v) is 7.96. The summed E-state index contributed by atoms with van der Waals surface area (Å²) in [5.41, 5.74) is -0.781. The van der Waals surface area contributed by atoms with Gasteiger partial charge < -0.3 is 15.3 Å². The predicted octanol–water partition coefficient (Wildman–Crippen LogP) is 1.26. The van der Waals surface area contributed by atoms with Crippen molar-refractivity contribution < 1.29 is 18.7 Å². The summed E-state index contributed by atoms with van der Waals surface area (Å²) in [6, 6.07) is -0.329. The van der Waals surface area contributed by atoms with E-state index in [1.165, 1.54) is 12.4 Å². The maximum absolute atomic E-state index is 12.8. The van der Waals surface area contributed by atoms with Gasteiger partial charge in [0, 0.05) is 44.6 Å². The Labute approximate surface area is 140 Å². The van der Waals surface area contributed by atoms with Gasteiger partial charge in [0.2, 0.25) is 0 Å². The number of urea groups is 1. The molecule has 1 aliphatic rings. The molecule has 0 unspecified atom stereocenters. The minimum absolute atomic E-state index is 0.0315. The van der Waals surface area contributed by atoms with Gasteiger partial charge in [-0.1, -0.05) is 0 Å². The van der Waals surface area contributed by atoms with E-state index in [2.05, 4.69) is 15.2 Å². The summed E-state index contributed by atoms with van der Waals surface area (Å²) in [5.74, 6) is 0.117. The number of hydrogen-bond acceptors (Lipinski definition) is 4. The summed E-state index contributed by atoms with van der Waals surface area (Å²) in [6.45, 7) is 5.08. The molecular formula is C15H25F2N5O2. The smallest absolute Gasteiger partial charge is 0.319 e. The Morgan fingerprint density at radius 2 is 2.21 bits per heavy atom. The molecule has 136 valence electrons. The van der Waals surface area contributed by atoms with E-state index in [1.54, 1.807) is 18.7 Å². The fourth-order valence-electron chi connectivity index (χ4n) is 2.94. The number of piperazine rings is 1. The minimum atomic E-state index is -2.68. The summed E-state index contributed by atoms with van der Waals surface area (Å²) in [4.78, 5) is 19.9. The Balaban J connectivity index is 1.86. The summed E-state index contributed by atoms with van der Waals surface area (Å²) >= 11 is 0. The van der Waals surface area contributed by atoms with E-state index in [0.717, 1.165) is 4.57 Å². The molecule has 1 aromatic heterocycles. The number of halogens is 2. The molecule has 1 saturated heterocycles. The highest BCUT2D eigenvalue weighted by molar-refractivity contribution is 5.74. The van der Waals surface area contributed by atoms with Crippen LogP contribution in [0.4, 0.5) is 13.6 Å². The van der Waals surface area contributed by atoms with Gasteiger partial charge in [0.05, 0.1) is 12.1 Å². The molecule has 2 N–H and O–H groups in total. The molecule has 0 spiro atoms. The zero-order valence-electron chi connectivity index (χ0n) is 14.2. The highest BCUT2D eigenvalue weighted by atomic mass is 19.3. The van der Waals surface area contributed by atoms with E-state index in [4.69, 9.17) is 0 Å². The molecule has 2 heterocycles. The first-order valence-electron chi connectivity index (χ1n) is 7.96. The van der Waals surface area contributed by atoms with Crippen LogP contribution in [0.5, 0.6) is 0 Å². The zero-order valence-corrected chi connectivity index (χ0v) is 14.2. The fourth-order valence-corrected chi connectivity index (χ4v) is 2.94. The van der Waals surface area contributed by atoms with Crippen molar-refractivity contribution in [2.24, 2.45) is 0 Å². The van der Waals surface area contributed by atoms with E-state index in [1.807, 2.05) is 6.92 Å². The zero-order chi connectivity index (χ0) is 17.9. The molecule has 9 heteroatoms. The van der Waals surface area contributed by atoms with Crippen LogP contribution in [0.3, 0.4) is 0 Å². The highest BCUT2D eigenvalue weighted by Gasteiger charge is 2.29. The summed E-state index contributed by atoms with van der Waals surface area (Å²) in [5, 5.41) is 12.5. The number of β-amino-alcohol motifs (C(OH)–C–C–N with tert-alkyl or cyclic N) is 1. The number of alkyl halides is 2. The van der Waals surface area contributed by atoms with Crippen LogP contribution in [-0.4, -0.2) is 68.3 Å². The summed E-state index contributed by atoms with van der Waals surface area (Å²) in [6.07, 6.45) is 2.47. The van der Waals surface area contributed by atoms with E-state index in [9.17, 15) is 18.7 Å². The SMILES string of the molecule is C[C@H]1CN(CC(C)(C)O)CCN1C(=O)NCc1nccn1C(F)F. The first-order chi connectivity index (χ1) is 11.2. The largest absolute Gasteiger partial charge is 0.389 e. The Hall–Kier alpha value is -1.74. The van der Waals surface area contributed by atoms with E-state index < -0.39 is 12.2 Å². The molecule has 0 saturated carbocycles. The third-order valence-corrected chi connectivity index (χ3v) is 3.94. The van der Waals surface area contributed by atoms with Gasteiger partial charge in [-0.3, -0.25) is 9.47 Å². The van der Waals surface area contributed by atoms with Crippen molar-refractivity contribution in [2.75, 3.05) is 26.2 Å². The first kappa shape index (κ1) is 18.6. The quantitative estimate of drug-likeness (QED) is 0.843. The van der Waals surface area contributed by atoms with Crippen LogP contribution in [0, 0.1) is 0 Å². The molecule has 0 aliphatic carbocycles. The second-order valence-electron chi connectivity index (χ2n) is 6.78. The normalized spacial score (nSPS) is 19.8. The molecule has 0 bridgehead atoms. The molecule has 1 aromatic rings. The number of aromatic nitrogens is 2. The van der Waals surface area contributed by atoms with E-state index >= 15 is 0 Å². The molecule has 0 aromatic carbocycles. The van der Waals surface area contributed by atoms with Crippen LogP contribution in [-0.2, 0) is 6.54 Å².